The quantitative estimate of drug-likeness (QED) is 0.827. The molecule has 2 N–H and O–H groups in total. The van der Waals surface area contributed by atoms with Crippen molar-refractivity contribution in [1.29, 1.82) is 0 Å². The molecule has 0 bridgehead atoms. The number of hydrogen-bond acceptors (Lipinski definition) is 4. The van der Waals surface area contributed by atoms with Crippen LogP contribution in [0.25, 0.3) is 0 Å². The van der Waals surface area contributed by atoms with E-state index in [1.807, 2.05) is 0 Å². The molecule has 0 aliphatic rings. The van der Waals surface area contributed by atoms with Gasteiger partial charge in [-0.1, -0.05) is 19.1 Å². The molecule has 0 aliphatic heterocycles. The zero-order valence-corrected chi connectivity index (χ0v) is 10.1. The SMILES string of the molecule is CCC(C(=O)O)S(=O)(=O)Cc1ccc(O)cc1. The topological polar surface area (TPSA) is 91.7 Å². The van der Waals surface area contributed by atoms with Gasteiger partial charge in [-0.2, -0.15) is 0 Å². The highest BCUT2D eigenvalue weighted by atomic mass is 32.2. The van der Waals surface area contributed by atoms with Gasteiger partial charge in [-0.15, -0.1) is 0 Å². The molecular weight excluding hydrogens is 244 g/mol. The summed E-state index contributed by atoms with van der Waals surface area (Å²) in [6.07, 6.45) is 0.0375. The molecule has 0 saturated heterocycles. The number of phenolic OH excluding ortho intramolecular Hbond substituents is 1. The van der Waals surface area contributed by atoms with Gasteiger partial charge in [-0.3, -0.25) is 4.79 Å². The molecule has 1 rings (SSSR count). The highest BCUT2D eigenvalue weighted by Gasteiger charge is 2.30. The van der Waals surface area contributed by atoms with Crippen molar-refractivity contribution in [2.75, 3.05) is 0 Å². The Morgan fingerprint density at radius 3 is 2.24 bits per heavy atom. The van der Waals surface area contributed by atoms with E-state index in [9.17, 15) is 13.2 Å². The van der Waals surface area contributed by atoms with Crippen LogP contribution in [-0.2, 0) is 20.4 Å². The lowest BCUT2D eigenvalue weighted by molar-refractivity contribution is -0.136. The second-order valence-electron chi connectivity index (χ2n) is 3.71. The second kappa shape index (κ2) is 5.18. The van der Waals surface area contributed by atoms with Crippen molar-refractivity contribution in [3.05, 3.63) is 29.8 Å². The van der Waals surface area contributed by atoms with E-state index in [4.69, 9.17) is 10.2 Å². The molecule has 94 valence electrons. The van der Waals surface area contributed by atoms with Crippen molar-refractivity contribution < 1.29 is 23.4 Å². The van der Waals surface area contributed by atoms with Crippen LogP contribution in [0.1, 0.15) is 18.9 Å². The predicted molar refractivity (Wildman–Crippen MR) is 62.4 cm³/mol. The third kappa shape index (κ3) is 3.45. The number of hydrogen-bond donors (Lipinski definition) is 2. The van der Waals surface area contributed by atoms with Crippen LogP contribution in [0.3, 0.4) is 0 Å². The summed E-state index contributed by atoms with van der Waals surface area (Å²) in [6.45, 7) is 1.52. The number of sulfone groups is 1. The van der Waals surface area contributed by atoms with Crippen LogP contribution in [0.15, 0.2) is 24.3 Å². The van der Waals surface area contributed by atoms with Crippen LogP contribution >= 0.6 is 0 Å². The number of carboxylic acid groups (broad SMARTS) is 1. The average Bonchev–Trinajstić information content (AvgIpc) is 2.21. The van der Waals surface area contributed by atoms with Crippen molar-refractivity contribution >= 4 is 15.8 Å². The van der Waals surface area contributed by atoms with E-state index in [1.165, 1.54) is 31.2 Å². The Bertz CT molecular complexity index is 489. The predicted octanol–water partition coefficient (Wildman–Crippen LogP) is 1.17. The van der Waals surface area contributed by atoms with Crippen molar-refractivity contribution in [3.63, 3.8) is 0 Å². The van der Waals surface area contributed by atoms with Crippen molar-refractivity contribution in [2.45, 2.75) is 24.3 Å². The summed E-state index contributed by atoms with van der Waals surface area (Å²) >= 11 is 0. The van der Waals surface area contributed by atoms with Crippen LogP contribution in [-0.4, -0.2) is 29.9 Å². The smallest absolute Gasteiger partial charge is 0.321 e. The van der Waals surface area contributed by atoms with Gasteiger partial charge in [-0.25, -0.2) is 8.42 Å². The molecule has 0 radical (unpaired) electrons. The number of phenols is 1. The van der Waals surface area contributed by atoms with Crippen molar-refractivity contribution in [2.24, 2.45) is 0 Å². The second-order valence-corrected chi connectivity index (χ2v) is 5.89. The summed E-state index contributed by atoms with van der Waals surface area (Å²) in [5.41, 5.74) is 0.461. The van der Waals surface area contributed by atoms with Crippen LogP contribution in [0.4, 0.5) is 0 Å². The summed E-state index contributed by atoms with van der Waals surface area (Å²) in [5, 5.41) is 16.5. The summed E-state index contributed by atoms with van der Waals surface area (Å²) in [4.78, 5) is 10.8. The first kappa shape index (κ1) is 13.5. The molecule has 0 aliphatic carbocycles. The normalized spacial score (nSPS) is 13.2. The van der Waals surface area contributed by atoms with E-state index >= 15 is 0 Å². The summed E-state index contributed by atoms with van der Waals surface area (Å²) in [7, 11) is -3.72. The lowest BCUT2D eigenvalue weighted by atomic mass is 10.2. The minimum atomic E-state index is -3.72. The number of carbonyl (C=O) groups is 1. The zero-order chi connectivity index (χ0) is 13.1. The van der Waals surface area contributed by atoms with Crippen molar-refractivity contribution in [3.8, 4) is 5.75 Å². The monoisotopic (exact) mass is 258 g/mol. The Morgan fingerprint density at radius 1 is 1.29 bits per heavy atom. The van der Waals surface area contributed by atoms with Crippen LogP contribution in [0.2, 0.25) is 0 Å². The highest BCUT2D eigenvalue weighted by molar-refractivity contribution is 7.92. The Labute approximate surface area is 99.6 Å². The summed E-state index contributed by atoms with van der Waals surface area (Å²) in [6, 6.07) is 5.65. The molecule has 0 spiro atoms. The maximum absolute atomic E-state index is 11.8. The van der Waals surface area contributed by atoms with Gasteiger partial charge >= 0.3 is 5.97 Å². The summed E-state index contributed by atoms with van der Waals surface area (Å²) in [5.74, 6) is -1.62. The Balaban J connectivity index is 2.93. The Morgan fingerprint density at radius 2 is 1.82 bits per heavy atom. The fourth-order valence-electron chi connectivity index (χ4n) is 1.51. The lowest BCUT2D eigenvalue weighted by Crippen LogP contribution is -2.30. The van der Waals surface area contributed by atoms with E-state index < -0.39 is 21.1 Å². The first-order valence-corrected chi connectivity index (χ1v) is 6.80. The molecule has 0 fully saturated rings. The van der Waals surface area contributed by atoms with Gasteiger partial charge in [0.1, 0.15) is 5.75 Å². The van der Waals surface area contributed by atoms with Crippen LogP contribution < -0.4 is 0 Å². The fourth-order valence-corrected chi connectivity index (χ4v) is 3.18. The third-order valence-corrected chi connectivity index (χ3v) is 4.52. The molecule has 5 nitrogen and oxygen atoms in total. The minimum Gasteiger partial charge on any atom is -0.508 e. The third-order valence-electron chi connectivity index (χ3n) is 2.38. The first-order valence-electron chi connectivity index (χ1n) is 5.09. The van der Waals surface area contributed by atoms with Gasteiger partial charge < -0.3 is 10.2 Å². The number of aliphatic carboxylic acids is 1. The zero-order valence-electron chi connectivity index (χ0n) is 9.33. The molecule has 0 saturated carbocycles. The standard InChI is InChI=1S/C11H14O5S/c1-2-10(11(13)14)17(15,16)7-8-3-5-9(12)6-4-8/h3-6,10,12H,2,7H2,1H3,(H,13,14). The van der Waals surface area contributed by atoms with E-state index in [1.54, 1.807) is 0 Å². The molecule has 17 heavy (non-hydrogen) atoms. The number of aromatic hydroxyl groups is 1. The van der Waals surface area contributed by atoms with Crippen LogP contribution in [0.5, 0.6) is 5.75 Å². The molecule has 0 heterocycles. The molecular formula is C11H14O5S. The van der Waals surface area contributed by atoms with E-state index in [-0.39, 0.29) is 17.9 Å². The molecule has 1 unspecified atom stereocenters. The van der Waals surface area contributed by atoms with Gasteiger partial charge in [0.05, 0.1) is 5.75 Å². The largest absolute Gasteiger partial charge is 0.508 e. The molecule has 1 atom stereocenters. The van der Waals surface area contributed by atoms with Gasteiger partial charge in [0, 0.05) is 0 Å². The van der Waals surface area contributed by atoms with E-state index in [0.717, 1.165) is 0 Å². The average molecular weight is 258 g/mol. The maximum atomic E-state index is 11.8. The Hall–Kier alpha value is -1.56. The molecule has 0 aromatic heterocycles. The van der Waals surface area contributed by atoms with Gasteiger partial charge in [0.15, 0.2) is 15.1 Å². The van der Waals surface area contributed by atoms with Gasteiger partial charge in [0.2, 0.25) is 0 Å². The van der Waals surface area contributed by atoms with E-state index in [0.29, 0.717) is 5.56 Å². The Kier molecular flexibility index (Phi) is 4.11. The maximum Gasteiger partial charge on any atom is 0.321 e. The number of carboxylic acids is 1. The molecule has 1 aromatic rings. The lowest BCUT2D eigenvalue weighted by Gasteiger charge is -2.11. The minimum absolute atomic E-state index is 0.0375. The van der Waals surface area contributed by atoms with Gasteiger partial charge in [-0.05, 0) is 24.1 Å². The summed E-state index contributed by atoms with van der Waals surface area (Å²) < 4.78 is 23.6. The van der Waals surface area contributed by atoms with E-state index in [2.05, 4.69) is 0 Å². The fraction of sp³-hybridized carbons (Fsp3) is 0.364. The number of benzene rings is 1. The number of rotatable bonds is 5. The van der Waals surface area contributed by atoms with Crippen molar-refractivity contribution in [1.82, 2.24) is 0 Å². The molecule has 0 amide bonds. The first-order chi connectivity index (χ1) is 7.86. The van der Waals surface area contributed by atoms with Crippen LogP contribution in [0, 0.1) is 0 Å². The molecule has 6 heteroatoms. The van der Waals surface area contributed by atoms with Gasteiger partial charge in [0.25, 0.3) is 0 Å². The highest BCUT2D eigenvalue weighted by Crippen LogP contribution is 2.16. The molecule has 1 aromatic carbocycles.